The van der Waals surface area contributed by atoms with Crippen LogP contribution in [0.2, 0.25) is 0 Å². The van der Waals surface area contributed by atoms with E-state index in [1.165, 1.54) is 12.1 Å². The number of guanidine groups is 1. The molecule has 0 amide bonds. The largest absolute Gasteiger partial charge is 0.416 e. The fraction of sp³-hybridized carbons (Fsp3) is 0.455. The van der Waals surface area contributed by atoms with E-state index in [-0.39, 0.29) is 6.54 Å². The van der Waals surface area contributed by atoms with Gasteiger partial charge in [-0.1, -0.05) is 18.2 Å². The number of hydrogen-bond acceptors (Lipinski definition) is 4. The molecule has 2 aromatic rings. The normalized spacial score (nSPS) is 16.9. The van der Waals surface area contributed by atoms with E-state index in [0.717, 1.165) is 17.6 Å². The first-order chi connectivity index (χ1) is 14.9. The van der Waals surface area contributed by atoms with Crippen molar-refractivity contribution < 1.29 is 18.3 Å². The molecule has 168 valence electrons. The van der Waals surface area contributed by atoms with Crippen molar-refractivity contribution >= 4 is 5.96 Å². The first-order valence-corrected chi connectivity index (χ1v) is 10.4. The molecule has 1 fully saturated rings. The van der Waals surface area contributed by atoms with Gasteiger partial charge in [0.1, 0.15) is 0 Å². The molecule has 1 atom stereocenters. The molecule has 6 nitrogen and oxygen atoms in total. The number of alkyl halides is 3. The smallest absolute Gasteiger partial charge is 0.386 e. The Morgan fingerprint density at radius 3 is 2.52 bits per heavy atom. The lowest BCUT2D eigenvalue weighted by atomic mass is 10.1. The average molecular weight is 435 g/mol. The first-order valence-electron chi connectivity index (χ1n) is 10.4. The zero-order valence-electron chi connectivity index (χ0n) is 17.5. The fourth-order valence-corrected chi connectivity index (χ4v) is 3.51. The van der Waals surface area contributed by atoms with Crippen LogP contribution in [0.5, 0.6) is 0 Å². The van der Waals surface area contributed by atoms with Crippen LogP contribution in [0.25, 0.3) is 0 Å². The van der Waals surface area contributed by atoms with E-state index in [9.17, 15) is 18.3 Å². The van der Waals surface area contributed by atoms with Gasteiger partial charge in [-0.15, -0.1) is 0 Å². The lowest BCUT2D eigenvalue weighted by Gasteiger charge is -2.36. The fourth-order valence-electron chi connectivity index (χ4n) is 3.51. The van der Waals surface area contributed by atoms with Gasteiger partial charge >= 0.3 is 6.18 Å². The van der Waals surface area contributed by atoms with E-state index >= 15 is 0 Å². The third-order valence-corrected chi connectivity index (χ3v) is 5.17. The van der Waals surface area contributed by atoms with Crippen LogP contribution in [-0.4, -0.2) is 65.1 Å². The van der Waals surface area contributed by atoms with Gasteiger partial charge in [0.2, 0.25) is 0 Å². The van der Waals surface area contributed by atoms with Gasteiger partial charge in [-0.05, 0) is 36.2 Å². The van der Waals surface area contributed by atoms with Gasteiger partial charge in [0.15, 0.2) is 5.96 Å². The molecule has 3 rings (SSSR count). The maximum Gasteiger partial charge on any atom is 0.416 e. The summed E-state index contributed by atoms with van der Waals surface area (Å²) in [5, 5.41) is 13.6. The van der Waals surface area contributed by atoms with Crippen LogP contribution in [-0.2, 0) is 12.7 Å². The summed E-state index contributed by atoms with van der Waals surface area (Å²) < 4.78 is 38.8. The summed E-state index contributed by atoms with van der Waals surface area (Å²) in [7, 11) is 0. The number of aliphatic hydroxyl groups is 1. The highest BCUT2D eigenvalue weighted by Gasteiger charge is 2.30. The zero-order valence-corrected chi connectivity index (χ0v) is 17.5. The highest BCUT2D eigenvalue weighted by atomic mass is 19.4. The number of nitrogens with zero attached hydrogens (tertiary/aromatic N) is 4. The summed E-state index contributed by atoms with van der Waals surface area (Å²) in [6.07, 6.45) is -1.76. The van der Waals surface area contributed by atoms with Crippen molar-refractivity contribution in [3.63, 3.8) is 0 Å². The quantitative estimate of drug-likeness (QED) is 0.540. The predicted octanol–water partition coefficient (Wildman–Crippen LogP) is 2.92. The molecule has 9 heteroatoms. The van der Waals surface area contributed by atoms with Gasteiger partial charge in [-0.25, -0.2) is 0 Å². The summed E-state index contributed by atoms with van der Waals surface area (Å²) in [5.74, 6) is 0.731. The lowest BCUT2D eigenvalue weighted by Crippen LogP contribution is -2.52. The van der Waals surface area contributed by atoms with Gasteiger partial charge in [0, 0.05) is 51.7 Å². The number of aliphatic hydroxyl groups excluding tert-OH is 1. The van der Waals surface area contributed by atoms with Gasteiger partial charge < -0.3 is 15.3 Å². The van der Waals surface area contributed by atoms with Crippen LogP contribution in [0, 0.1) is 0 Å². The molecule has 0 saturated carbocycles. The first kappa shape index (κ1) is 23.0. The van der Waals surface area contributed by atoms with Crippen molar-refractivity contribution in [2.24, 2.45) is 4.99 Å². The van der Waals surface area contributed by atoms with Crippen LogP contribution in [0.3, 0.4) is 0 Å². The average Bonchev–Trinajstić information content (AvgIpc) is 2.77. The number of halogens is 3. The van der Waals surface area contributed by atoms with E-state index in [1.807, 2.05) is 6.92 Å². The molecule has 1 aliphatic heterocycles. The molecule has 1 saturated heterocycles. The molecular weight excluding hydrogens is 407 g/mol. The Morgan fingerprint density at radius 1 is 1.16 bits per heavy atom. The number of aliphatic imine (C=N–C) groups is 1. The molecule has 1 aromatic heterocycles. The van der Waals surface area contributed by atoms with Crippen LogP contribution >= 0.6 is 0 Å². The molecule has 2 heterocycles. The minimum atomic E-state index is -4.33. The summed E-state index contributed by atoms with van der Waals surface area (Å²) in [6.45, 7) is 6.24. The molecule has 1 aliphatic rings. The third kappa shape index (κ3) is 6.67. The summed E-state index contributed by atoms with van der Waals surface area (Å²) in [5.41, 5.74) is 0.808. The number of aromatic nitrogens is 1. The standard InChI is InChI=1S/C22H28F3N5O/c1-2-27-21(28-15-20(31)18-6-8-26-9-7-18)30-12-10-29(11-13-30)16-17-4-3-5-19(14-17)22(23,24)25/h3-9,14,20,31H,2,10-13,15-16H2,1H3,(H,27,28). The molecule has 0 radical (unpaired) electrons. The second-order valence-electron chi connectivity index (χ2n) is 7.45. The summed E-state index contributed by atoms with van der Waals surface area (Å²) in [4.78, 5) is 12.8. The Labute approximate surface area is 180 Å². The molecule has 0 aliphatic carbocycles. The molecule has 1 unspecified atom stereocenters. The Balaban J connectivity index is 1.56. The van der Waals surface area contributed by atoms with Gasteiger partial charge in [-0.2, -0.15) is 13.2 Å². The Bertz CT molecular complexity index is 852. The maximum absolute atomic E-state index is 12.9. The van der Waals surface area contributed by atoms with Crippen molar-refractivity contribution in [3.05, 3.63) is 65.5 Å². The summed E-state index contributed by atoms with van der Waals surface area (Å²) in [6, 6.07) is 9.03. The third-order valence-electron chi connectivity index (χ3n) is 5.17. The molecule has 2 N–H and O–H groups in total. The Hall–Kier alpha value is -2.65. The Kier molecular flexibility index (Phi) is 7.86. The molecular formula is C22H28F3N5O. The van der Waals surface area contributed by atoms with Crippen LogP contribution in [0.1, 0.15) is 29.7 Å². The minimum absolute atomic E-state index is 0.233. The zero-order chi connectivity index (χ0) is 22.3. The van der Waals surface area contributed by atoms with Crippen LogP contribution < -0.4 is 5.32 Å². The monoisotopic (exact) mass is 435 g/mol. The number of pyridine rings is 1. The second-order valence-corrected chi connectivity index (χ2v) is 7.45. The van der Waals surface area contributed by atoms with E-state index in [2.05, 4.69) is 25.1 Å². The van der Waals surface area contributed by atoms with E-state index in [4.69, 9.17) is 0 Å². The SMILES string of the molecule is CCNC(=NCC(O)c1ccncc1)N1CCN(Cc2cccc(C(F)(F)F)c2)CC1. The van der Waals surface area contributed by atoms with Crippen molar-refractivity contribution in [3.8, 4) is 0 Å². The minimum Gasteiger partial charge on any atom is -0.386 e. The molecule has 0 bridgehead atoms. The second kappa shape index (κ2) is 10.6. The highest BCUT2D eigenvalue weighted by Crippen LogP contribution is 2.29. The number of piperazine rings is 1. The van der Waals surface area contributed by atoms with E-state index < -0.39 is 17.8 Å². The van der Waals surface area contributed by atoms with E-state index in [0.29, 0.717) is 44.8 Å². The topological polar surface area (TPSA) is 64.0 Å². The molecule has 31 heavy (non-hydrogen) atoms. The number of rotatable bonds is 6. The number of hydrogen-bond donors (Lipinski definition) is 2. The lowest BCUT2D eigenvalue weighted by molar-refractivity contribution is -0.137. The number of benzene rings is 1. The van der Waals surface area contributed by atoms with Gasteiger partial charge in [0.05, 0.1) is 18.2 Å². The maximum atomic E-state index is 12.9. The Morgan fingerprint density at radius 2 is 1.87 bits per heavy atom. The highest BCUT2D eigenvalue weighted by molar-refractivity contribution is 5.80. The van der Waals surface area contributed by atoms with Crippen molar-refractivity contribution in [2.75, 3.05) is 39.3 Å². The van der Waals surface area contributed by atoms with Crippen molar-refractivity contribution in [2.45, 2.75) is 25.7 Å². The van der Waals surface area contributed by atoms with Crippen molar-refractivity contribution in [1.82, 2.24) is 20.1 Å². The molecule has 0 spiro atoms. The van der Waals surface area contributed by atoms with E-state index in [1.54, 1.807) is 30.6 Å². The van der Waals surface area contributed by atoms with Crippen LogP contribution in [0.15, 0.2) is 53.8 Å². The predicted molar refractivity (Wildman–Crippen MR) is 113 cm³/mol. The van der Waals surface area contributed by atoms with Gasteiger partial charge in [-0.3, -0.25) is 14.9 Å². The molecule has 1 aromatic carbocycles. The van der Waals surface area contributed by atoms with Crippen molar-refractivity contribution in [1.29, 1.82) is 0 Å². The number of nitrogens with one attached hydrogen (secondary N) is 1. The summed E-state index contributed by atoms with van der Waals surface area (Å²) >= 11 is 0. The van der Waals surface area contributed by atoms with Crippen LogP contribution in [0.4, 0.5) is 13.2 Å². The van der Waals surface area contributed by atoms with Gasteiger partial charge in [0.25, 0.3) is 0 Å².